The van der Waals surface area contributed by atoms with Gasteiger partial charge in [0.1, 0.15) is 11.6 Å². The summed E-state index contributed by atoms with van der Waals surface area (Å²) in [4.78, 5) is 9.45. The first-order valence-corrected chi connectivity index (χ1v) is 8.49. The smallest absolute Gasteiger partial charge is 0.163 e. The van der Waals surface area contributed by atoms with Crippen LogP contribution < -0.4 is 10.6 Å². The lowest BCUT2D eigenvalue weighted by atomic mass is 10.1. The molecule has 4 rings (SSSR count). The Morgan fingerprint density at radius 3 is 2.62 bits per heavy atom. The van der Waals surface area contributed by atoms with E-state index in [0.717, 1.165) is 67.7 Å². The van der Waals surface area contributed by atoms with E-state index in [-0.39, 0.29) is 31.4 Å². The molecule has 0 spiro atoms. The minimum absolute atomic E-state index is 0. The van der Waals surface area contributed by atoms with Gasteiger partial charge in [0.05, 0.1) is 5.69 Å². The van der Waals surface area contributed by atoms with Crippen LogP contribution in [0.2, 0.25) is 0 Å². The van der Waals surface area contributed by atoms with Crippen LogP contribution in [0, 0.1) is 11.6 Å². The minimum Gasteiger partial charge on any atom is -0.366 e. The predicted octanol–water partition coefficient (Wildman–Crippen LogP) is 3.78. The van der Waals surface area contributed by atoms with Crippen molar-refractivity contribution in [1.82, 2.24) is 15.3 Å². The quantitative estimate of drug-likeness (QED) is 0.816. The van der Waals surface area contributed by atoms with Gasteiger partial charge in [0.25, 0.3) is 0 Å². The van der Waals surface area contributed by atoms with Gasteiger partial charge in [0, 0.05) is 36.6 Å². The van der Waals surface area contributed by atoms with Gasteiger partial charge in [-0.05, 0) is 31.9 Å². The van der Waals surface area contributed by atoms with Gasteiger partial charge >= 0.3 is 0 Å². The first-order valence-electron chi connectivity index (χ1n) is 8.49. The molecule has 142 valence electrons. The third-order valence-electron chi connectivity index (χ3n) is 4.62. The van der Waals surface area contributed by atoms with Crippen molar-refractivity contribution in [2.45, 2.75) is 38.1 Å². The van der Waals surface area contributed by atoms with E-state index >= 15 is 0 Å². The molecular weight excluding hydrogens is 381 g/mol. The van der Waals surface area contributed by atoms with Crippen molar-refractivity contribution in [3.8, 4) is 0 Å². The second-order valence-electron chi connectivity index (χ2n) is 6.45. The minimum atomic E-state index is -0.821. The number of rotatable bonds is 4. The molecule has 26 heavy (non-hydrogen) atoms. The van der Waals surface area contributed by atoms with Crippen molar-refractivity contribution in [1.29, 1.82) is 0 Å². The predicted molar refractivity (Wildman–Crippen MR) is 102 cm³/mol. The summed E-state index contributed by atoms with van der Waals surface area (Å²) in [6, 6.07) is 4.25. The van der Waals surface area contributed by atoms with Crippen LogP contribution in [-0.2, 0) is 19.4 Å². The van der Waals surface area contributed by atoms with Crippen LogP contribution in [-0.4, -0.2) is 23.1 Å². The highest BCUT2D eigenvalue weighted by Crippen LogP contribution is 2.39. The summed E-state index contributed by atoms with van der Waals surface area (Å²) in [5, 5.41) is 6.59. The van der Waals surface area contributed by atoms with Crippen molar-refractivity contribution in [2.75, 3.05) is 18.4 Å². The number of halogens is 4. The van der Waals surface area contributed by atoms with Crippen molar-refractivity contribution in [3.63, 3.8) is 0 Å². The van der Waals surface area contributed by atoms with Crippen molar-refractivity contribution >= 4 is 30.6 Å². The molecule has 0 bridgehead atoms. The molecule has 2 heterocycles. The molecule has 1 aromatic heterocycles. The Morgan fingerprint density at radius 1 is 1.08 bits per heavy atom. The summed E-state index contributed by atoms with van der Waals surface area (Å²) >= 11 is 0. The van der Waals surface area contributed by atoms with E-state index in [1.807, 2.05) is 0 Å². The highest BCUT2D eigenvalue weighted by atomic mass is 35.5. The summed E-state index contributed by atoms with van der Waals surface area (Å²) in [6.45, 7) is 2.00. The topological polar surface area (TPSA) is 49.8 Å². The summed E-state index contributed by atoms with van der Waals surface area (Å²) in [7, 11) is 0. The molecule has 0 unspecified atom stereocenters. The van der Waals surface area contributed by atoms with E-state index in [2.05, 4.69) is 10.6 Å². The Labute approximate surface area is 164 Å². The number of anilines is 1. The van der Waals surface area contributed by atoms with Crippen molar-refractivity contribution in [3.05, 3.63) is 52.5 Å². The Balaban J connectivity index is 0.00000121. The van der Waals surface area contributed by atoms with E-state index in [0.29, 0.717) is 11.5 Å². The number of benzene rings is 1. The molecule has 2 aromatic rings. The second kappa shape index (κ2) is 8.93. The van der Waals surface area contributed by atoms with E-state index in [1.54, 1.807) is 6.07 Å². The lowest BCUT2D eigenvalue weighted by Crippen LogP contribution is -2.16. The zero-order valence-electron chi connectivity index (χ0n) is 14.2. The molecule has 1 aliphatic carbocycles. The SMILES string of the molecule is Cl.Cl.Fc1cccc(CNc2nc(C3CC3)nc3c2CCNCC3)c1F. The van der Waals surface area contributed by atoms with E-state index in [1.165, 1.54) is 6.07 Å². The Kier molecular flexibility index (Phi) is 7.15. The monoisotopic (exact) mass is 402 g/mol. The maximum atomic E-state index is 13.9. The first-order chi connectivity index (χ1) is 11.7. The number of nitrogens with one attached hydrogen (secondary N) is 2. The average molecular weight is 403 g/mol. The maximum Gasteiger partial charge on any atom is 0.163 e. The van der Waals surface area contributed by atoms with Gasteiger partial charge in [-0.2, -0.15) is 0 Å². The lowest BCUT2D eigenvalue weighted by molar-refractivity contribution is 0.500. The molecule has 8 heteroatoms. The van der Waals surface area contributed by atoms with Gasteiger partial charge in [0.2, 0.25) is 0 Å². The number of aromatic nitrogens is 2. The zero-order valence-corrected chi connectivity index (χ0v) is 15.9. The van der Waals surface area contributed by atoms with Gasteiger partial charge < -0.3 is 10.6 Å². The van der Waals surface area contributed by atoms with Gasteiger partial charge in [0.15, 0.2) is 11.6 Å². The number of fused-ring (bicyclic) bond motifs is 1. The maximum absolute atomic E-state index is 13.9. The highest BCUT2D eigenvalue weighted by molar-refractivity contribution is 5.85. The molecule has 2 aliphatic rings. The molecule has 4 nitrogen and oxygen atoms in total. The van der Waals surface area contributed by atoms with E-state index in [4.69, 9.17) is 9.97 Å². The van der Waals surface area contributed by atoms with E-state index in [9.17, 15) is 8.78 Å². The standard InChI is InChI=1S/C18H20F2N4.2ClH/c19-14-3-1-2-12(16(14)20)10-22-18-13-6-8-21-9-7-15(13)23-17(24-18)11-4-5-11;;/h1-3,11,21H,4-10H2,(H,22,23,24);2*1H. The van der Waals surface area contributed by atoms with Crippen LogP contribution in [0.15, 0.2) is 18.2 Å². The largest absolute Gasteiger partial charge is 0.366 e. The first kappa shape index (κ1) is 20.8. The van der Waals surface area contributed by atoms with Crippen LogP contribution in [0.5, 0.6) is 0 Å². The second-order valence-corrected chi connectivity index (χ2v) is 6.45. The fourth-order valence-electron chi connectivity index (χ4n) is 3.10. The van der Waals surface area contributed by atoms with Gasteiger partial charge in [-0.3, -0.25) is 0 Å². The van der Waals surface area contributed by atoms with Crippen LogP contribution in [0.4, 0.5) is 14.6 Å². The third kappa shape index (κ3) is 4.42. The summed E-state index contributed by atoms with van der Waals surface area (Å²) in [5.74, 6) is 0.498. The highest BCUT2D eigenvalue weighted by Gasteiger charge is 2.29. The summed E-state index contributed by atoms with van der Waals surface area (Å²) in [6.07, 6.45) is 3.98. The molecule has 0 radical (unpaired) electrons. The molecular formula is C18H22Cl2F2N4. The average Bonchev–Trinajstić information content (AvgIpc) is 3.42. The fraction of sp³-hybridized carbons (Fsp3) is 0.444. The molecule has 0 atom stereocenters. The lowest BCUT2D eigenvalue weighted by Gasteiger charge is -2.15. The fourth-order valence-corrected chi connectivity index (χ4v) is 3.10. The molecule has 1 fully saturated rings. The molecule has 1 saturated carbocycles. The third-order valence-corrected chi connectivity index (χ3v) is 4.62. The number of hydrogen-bond donors (Lipinski definition) is 2. The zero-order chi connectivity index (χ0) is 16.5. The van der Waals surface area contributed by atoms with Gasteiger partial charge in [-0.15, -0.1) is 24.8 Å². The summed E-state index contributed by atoms with van der Waals surface area (Å²) in [5.41, 5.74) is 2.49. The Hall–Kier alpha value is -1.50. The van der Waals surface area contributed by atoms with Gasteiger partial charge in [-0.25, -0.2) is 18.7 Å². The molecule has 1 aliphatic heterocycles. The Morgan fingerprint density at radius 2 is 1.85 bits per heavy atom. The van der Waals surface area contributed by atoms with E-state index < -0.39 is 11.6 Å². The summed E-state index contributed by atoms with van der Waals surface area (Å²) < 4.78 is 27.2. The molecule has 1 aromatic carbocycles. The van der Waals surface area contributed by atoms with Crippen molar-refractivity contribution < 1.29 is 8.78 Å². The number of hydrogen-bond acceptors (Lipinski definition) is 4. The van der Waals surface area contributed by atoms with Crippen LogP contribution in [0.1, 0.15) is 41.4 Å². The van der Waals surface area contributed by atoms with Gasteiger partial charge in [-0.1, -0.05) is 12.1 Å². The van der Waals surface area contributed by atoms with Crippen molar-refractivity contribution in [2.24, 2.45) is 0 Å². The number of nitrogens with zero attached hydrogens (tertiary/aromatic N) is 2. The normalized spacial score (nSPS) is 15.9. The van der Waals surface area contributed by atoms with Crippen LogP contribution in [0.3, 0.4) is 0 Å². The van der Waals surface area contributed by atoms with Crippen LogP contribution >= 0.6 is 24.8 Å². The molecule has 2 N–H and O–H groups in total. The molecule has 0 saturated heterocycles. The van der Waals surface area contributed by atoms with Crippen LogP contribution in [0.25, 0.3) is 0 Å². The molecule has 0 amide bonds. The Bertz CT molecular complexity index is 769.